The lowest BCUT2D eigenvalue weighted by atomic mass is 10.1. The Bertz CT molecular complexity index is 731. The molecule has 0 aliphatic carbocycles. The number of fused-ring (bicyclic) bond motifs is 2. The zero-order valence-electron chi connectivity index (χ0n) is 9.70. The topological polar surface area (TPSA) is 130 Å². The fraction of sp³-hybridized carbons (Fsp3) is 0.0909. The Morgan fingerprint density at radius 3 is 1.78 bits per heavy atom. The van der Waals surface area contributed by atoms with Gasteiger partial charge in [0, 0.05) is 15.5 Å². The maximum Gasteiger partial charge on any atom is 0.110 e. The molecule has 0 unspecified atom stereocenters. The van der Waals surface area contributed by atoms with E-state index in [-0.39, 0.29) is 0 Å². The van der Waals surface area contributed by atoms with Crippen LogP contribution in [0.1, 0.15) is 5.56 Å². The van der Waals surface area contributed by atoms with E-state index in [2.05, 4.69) is 0 Å². The summed E-state index contributed by atoms with van der Waals surface area (Å²) < 4.78 is 1.87. The van der Waals surface area contributed by atoms with E-state index in [1.807, 2.05) is 6.92 Å². The highest BCUT2D eigenvalue weighted by atomic mass is 32.1. The van der Waals surface area contributed by atoms with Crippen molar-refractivity contribution in [1.82, 2.24) is 0 Å². The molecule has 2 heterocycles. The Morgan fingerprint density at radius 1 is 0.667 bits per heavy atom. The standard InChI is InChI=1S/C11H13N5S2/c1-2-3-6(13)10(15)18-9(3)5(12)4-7(14)11(16)17-8(2)4/h12-16H2,1H3. The summed E-state index contributed by atoms with van der Waals surface area (Å²) >= 11 is 2.82. The molecule has 18 heavy (non-hydrogen) atoms. The molecule has 3 rings (SSSR count). The van der Waals surface area contributed by atoms with Gasteiger partial charge in [-0.1, -0.05) is 0 Å². The van der Waals surface area contributed by atoms with Crippen molar-refractivity contribution in [1.29, 1.82) is 0 Å². The molecule has 0 aliphatic heterocycles. The fourth-order valence-corrected chi connectivity index (χ4v) is 4.26. The normalized spacial score (nSPS) is 11.6. The van der Waals surface area contributed by atoms with Crippen molar-refractivity contribution in [3.05, 3.63) is 5.56 Å². The van der Waals surface area contributed by atoms with Crippen LogP contribution in [0.3, 0.4) is 0 Å². The Morgan fingerprint density at radius 2 is 1.17 bits per heavy atom. The van der Waals surface area contributed by atoms with Gasteiger partial charge < -0.3 is 28.7 Å². The zero-order chi connectivity index (χ0) is 13.2. The van der Waals surface area contributed by atoms with E-state index in [0.29, 0.717) is 27.1 Å². The van der Waals surface area contributed by atoms with Gasteiger partial charge in [0.2, 0.25) is 0 Å². The van der Waals surface area contributed by atoms with Crippen molar-refractivity contribution in [3.8, 4) is 0 Å². The number of benzene rings is 1. The number of aryl methyl sites for hydroxylation is 1. The second-order valence-electron chi connectivity index (χ2n) is 4.21. The zero-order valence-corrected chi connectivity index (χ0v) is 11.3. The molecule has 0 bridgehead atoms. The highest BCUT2D eigenvalue weighted by molar-refractivity contribution is 7.26. The second kappa shape index (κ2) is 3.33. The maximum atomic E-state index is 6.19. The van der Waals surface area contributed by atoms with Gasteiger partial charge in [-0.2, -0.15) is 0 Å². The first-order valence-corrected chi connectivity index (χ1v) is 6.89. The smallest absolute Gasteiger partial charge is 0.110 e. The average Bonchev–Trinajstić information content (AvgIpc) is 2.78. The molecule has 0 fully saturated rings. The molecule has 7 heteroatoms. The molecular weight excluding hydrogens is 266 g/mol. The SMILES string of the molecule is Cc1c2sc(N)c(N)c2c(N)c2sc(N)c(N)c12. The summed E-state index contributed by atoms with van der Waals surface area (Å²) in [7, 11) is 0. The summed E-state index contributed by atoms with van der Waals surface area (Å²) in [6, 6.07) is 0. The van der Waals surface area contributed by atoms with E-state index in [0.717, 1.165) is 25.7 Å². The Labute approximate surface area is 111 Å². The van der Waals surface area contributed by atoms with E-state index in [9.17, 15) is 0 Å². The molecule has 2 aromatic heterocycles. The largest absolute Gasteiger partial charge is 0.397 e. The lowest BCUT2D eigenvalue weighted by Crippen LogP contribution is -1.94. The quantitative estimate of drug-likeness (QED) is 0.403. The van der Waals surface area contributed by atoms with Crippen LogP contribution in [0, 0.1) is 6.92 Å². The Kier molecular flexibility index (Phi) is 2.08. The molecule has 5 nitrogen and oxygen atoms in total. The number of thiophene rings is 2. The van der Waals surface area contributed by atoms with Crippen LogP contribution in [-0.2, 0) is 0 Å². The van der Waals surface area contributed by atoms with Crippen LogP contribution in [0.25, 0.3) is 20.2 Å². The summed E-state index contributed by atoms with van der Waals surface area (Å²) in [5.74, 6) is 0. The number of rotatable bonds is 0. The second-order valence-corrected chi connectivity index (χ2v) is 6.31. The predicted molar refractivity (Wildman–Crippen MR) is 84.0 cm³/mol. The molecule has 3 aromatic rings. The van der Waals surface area contributed by atoms with Crippen LogP contribution in [0.15, 0.2) is 0 Å². The van der Waals surface area contributed by atoms with Gasteiger partial charge in [0.25, 0.3) is 0 Å². The minimum absolute atomic E-state index is 0.544. The van der Waals surface area contributed by atoms with E-state index in [4.69, 9.17) is 28.7 Å². The molecule has 94 valence electrons. The monoisotopic (exact) mass is 279 g/mol. The van der Waals surface area contributed by atoms with Crippen LogP contribution >= 0.6 is 22.7 Å². The molecule has 0 spiro atoms. The highest BCUT2D eigenvalue weighted by Crippen LogP contribution is 2.50. The van der Waals surface area contributed by atoms with Crippen LogP contribution in [0.2, 0.25) is 0 Å². The number of nitrogens with two attached hydrogens (primary N) is 5. The average molecular weight is 279 g/mol. The van der Waals surface area contributed by atoms with Crippen LogP contribution in [-0.4, -0.2) is 0 Å². The molecule has 0 saturated heterocycles. The molecular formula is C11H13N5S2. The summed E-state index contributed by atoms with van der Waals surface area (Å²) in [5, 5.41) is 2.92. The van der Waals surface area contributed by atoms with Crippen LogP contribution in [0.5, 0.6) is 0 Å². The predicted octanol–water partition coefficient (Wildman–Crippen LogP) is 2.34. The lowest BCUT2D eigenvalue weighted by Gasteiger charge is -2.05. The van der Waals surface area contributed by atoms with Gasteiger partial charge in [0.1, 0.15) is 10.0 Å². The summed E-state index contributed by atoms with van der Waals surface area (Å²) in [4.78, 5) is 0. The number of hydrogen-bond donors (Lipinski definition) is 5. The third-order valence-electron chi connectivity index (χ3n) is 3.18. The summed E-state index contributed by atoms with van der Waals surface area (Å²) in [6.45, 7) is 1.99. The van der Waals surface area contributed by atoms with Crippen molar-refractivity contribution in [2.45, 2.75) is 6.92 Å². The fourth-order valence-electron chi connectivity index (χ4n) is 2.24. The van der Waals surface area contributed by atoms with Crippen molar-refractivity contribution < 1.29 is 0 Å². The Balaban J connectivity index is 2.69. The molecule has 0 radical (unpaired) electrons. The van der Waals surface area contributed by atoms with Crippen molar-refractivity contribution >= 4 is 69.9 Å². The first kappa shape index (κ1) is 11.2. The third-order valence-corrected chi connectivity index (χ3v) is 5.40. The van der Waals surface area contributed by atoms with Crippen molar-refractivity contribution in [3.63, 3.8) is 0 Å². The van der Waals surface area contributed by atoms with E-state index >= 15 is 0 Å². The summed E-state index contributed by atoms with van der Waals surface area (Å²) in [6.07, 6.45) is 0. The highest BCUT2D eigenvalue weighted by Gasteiger charge is 2.20. The van der Waals surface area contributed by atoms with Gasteiger partial charge in [-0.3, -0.25) is 0 Å². The van der Waals surface area contributed by atoms with E-state index in [1.54, 1.807) is 0 Å². The third kappa shape index (κ3) is 1.15. The summed E-state index contributed by atoms with van der Waals surface area (Å²) in [5.41, 5.74) is 32.7. The molecule has 1 aromatic carbocycles. The Hall–Kier alpha value is -1.86. The van der Waals surface area contributed by atoms with E-state index in [1.165, 1.54) is 22.7 Å². The molecule has 0 aliphatic rings. The van der Waals surface area contributed by atoms with Gasteiger partial charge in [0.05, 0.1) is 21.8 Å². The number of anilines is 5. The number of hydrogen-bond acceptors (Lipinski definition) is 7. The van der Waals surface area contributed by atoms with Crippen LogP contribution < -0.4 is 28.7 Å². The van der Waals surface area contributed by atoms with Gasteiger partial charge in [-0.05, 0) is 12.5 Å². The first-order valence-electron chi connectivity index (χ1n) is 5.26. The number of nitrogen functional groups attached to an aromatic ring is 5. The maximum absolute atomic E-state index is 6.19. The van der Waals surface area contributed by atoms with Gasteiger partial charge in [-0.25, -0.2) is 0 Å². The van der Waals surface area contributed by atoms with E-state index < -0.39 is 0 Å². The molecule has 10 N–H and O–H groups in total. The molecule has 0 atom stereocenters. The molecule has 0 amide bonds. The molecule has 0 saturated carbocycles. The minimum Gasteiger partial charge on any atom is -0.397 e. The first-order chi connectivity index (χ1) is 8.43. The van der Waals surface area contributed by atoms with Gasteiger partial charge >= 0.3 is 0 Å². The van der Waals surface area contributed by atoms with Gasteiger partial charge in [0.15, 0.2) is 0 Å². The van der Waals surface area contributed by atoms with Crippen LogP contribution in [0.4, 0.5) is 27.1 Å². The van der Waals surface area contributed by atoms with Crippen molar-refractivity contribution in [2.24, 2.45) is 0 Å². The van der Waals surface area contributed by atoms with Gasteiger partial charge in [-0.15, -0.1) is 22.7 Å². The lowest BCUT2D eigenvalue weighted by molar-refractivity contribution is 1.63. The van der Waals surface area contributed by atoms with Crippen molar-refractivity contribution in [2.75, 3.05) is 28.7 Å². The minimum atomic E-state index is 0.544.